The highest BCUT2D eigenvalue weighted by Gasteiger charge is 2.20. The first-order valence-corrected chi connectivity index (χ1v) is 7.04. The predicted octanol–water partition coefficient (Wildman–Crippen LogP) is 3.08. The van der Waals surface area contributed by atoms with Crippen molar-refractivity contribution < 1.29 is 4.79 Å². The number of nitrogen functional groups attached to an aromatic ring is 1. The Morgan fingerprint density at radius 3 is 2.70 bits per heavy atom. The lowest BCUT2D eigenvalue weighted by atomic mass is 10.1. The number of pyridine rings is 1. The molecule has 0 aliphatic carbocycles. The molecule has 1 aromatic carbocycles. The molecule has 4 nitrogen and oxygen atoms in total. The molecule has 2 rings (SSSR count). The van der Waals surface area contributed by atoms with E-state index < -0.39 is 0 Å². The minimum absolute atomic E-state index is 0.0562. The van der Waals surface area contributed by atoms with E-state index in [-0.39, 0.29) is 11.9 Å². The maximum absolute atomic E-state index is 12.6. The molecule has 1 aromatic heterocycles. The minimum atomic E-state index is -0.0562. The van der Waals surface area contributed by atoms with Crippen LogP contribution in [0.1, 0.15) is 37.7 Å². The van der Waals surface area contributed by atoms with E-state index in [2.05, 4.69) is 11.9 Å². The Bertz CT molecular complexity index is 624. The predicted molar refractivity (Wildman–Crippen MR) is 82.6 cm³/mol. The number of hydrogen-bond donors (Lipinski definition) is 1. The summed E-state index contributed by atoms with van der Waals surface area (Å²) in [5, 5.41) is 1.83. The zero-order chi connectivity index (χ0) is 14.7. The fourth-order valence-corrected chi connectivity index (χ4v) is 2.36. The molecule has 0 bridgehead atoms. The number of nitrogens with two attached hydrogens (primary N) is 1. The van der Waals surface area contributed by atoms with E-state index in [0.717, 1.165) is 17.2 Å². The lowest BCUT2D eigenvalue weighted by molar-refractivity contribution is 0.0694. The number of aromatic nitrogens is 1. The average molecular weight is 271 g/mol. The van der Waals surface area contributed by atoms with Crippen molar-refractivity contribution in [2.45, 2.75) is 33.2 Å². The normalized spacial score (nSPS) is 12.3. The van der Waals surface area contributed by atoms with E-state index in [9.17, 15) is 4.79 Å². The summed E-state index contributed by atoms with van der Waals surface area (Å²) in [7, 11) is 0. The maximum Gasteiger partial charge on any atom is 0.272 e. The summed E-state index contributed by atoms with van der Waals surface area (Å²) in [4.78, 5) is 18.7. The monoisotopic (exact) mass is 271 g/mol. The van der Waals surface area contributed by atoms with Gasteiger partial charge in [0.05, 0.1) is 0 Å². The highest BCUT2D eigenvalue weighted by molar-refractivity contribution is 5.99. The first-order valence-electron chi connectivity index (χ1n) is 7.04. The van der Waals surface area contributed by atoms with Gasteiger partial charge in [-0.2, -0.15) is 0 Å². The van der Waals surface area contributed by atoms with Gasteiger partial charge >= 0.3 is 0 Å². The van der Waals surface area contributed by atoms with Crippen molar-refractivity contribution in [2.75, 3.05) is 12.3 Å². The molecule has 0 saturated heterocycles. The van der Waals surface area contributed by atoms with E-state index >= 15 is 0 Å². The highest BCUT2D eigenvalue weighted by Crippen LogP contribution is 2.21. The fourth-order valence-electron chi connectivity index (χ4n) is 2.36. The minimum Gasteiger partial charge on any atom is -0.383 e. The van der Waals surface area contributed by atoms with Crippen LogP contribution in [-0.2, 0) is 0 Å². The average Bonchev–Trinajstić information content (AvgIpc) is 2.47. The first kappa shape index (κ1) is 14.3. The van der Waals surface area contributed by atoms with Gasteiger partial charge in [0.1, 0.15) is 11.5 Å². The second-order valence-corrected chi connectivity index (χ2v) is 4.96. The zero-order valence-corrected chi connectivity index (χ0v) is 12.3. The smallest absolute Gasteiger partial charge is 0.272 e. The van der Waals surface area contributed by atoms with Gasteiger partial charge in [-0.15, -0.1) is 0 Å². The van der Waals surface area contributed by atoms with E-state index in [4.69, 9.17) is 5.73 Å². The van der Waals surface area contributed by atoms with Crippen molar-refractivity contribution in [1.82, 2.24) is 9.88 Å². The van der Waals surface area contributed by atoms with Crippen LogP contribution in [0.4, 0.5) is 5.82 Å². The Morgan fingerprint density at radius 2 is 2.05 bits per heavy atom. The molecule has 1 amide bonds. The second kappa shape index (κ2) is 5.90. The first-order chi connectivity index (χ1) is 9.58. The summed E-state index contributed by atoms with van der Waals surface area (Å²) in [5.41, 5.74) is 6.38. The van der Waals surface area contributed by atoms with Crippen molar-refractivity contribution >= 4 is 22.5 Å². The zero-order valence-electron chi connectivity index (χ0n) is 12.3. The molecular formula is C16H21N3O. The standard InChI is InChI=1S/C16H21N3O/c1-4-11(3)19(5-2)16(20)14-10-12-8-6-7-9-13(12)15(17)18-14/h6-11H,4-5H2,1-3H3,(H2,17,18). The van der Waals surface area contributed by atoms with E-state index in [1.165, 1.54) is 0 Å². The van der Waals surface area contributed by atoms with Gasteiger partial charge in [-0.25, -0.2) is 4.98 Å². The van der Waals surface area contributed by atoms with Crippen molar-refractivity contribution in [3.8, 4) is 0 Å². The molecule has 0 aliphatic heterocycles. The van der Waals surface area contributed by atoms with Crippen LogP contribution in [0.15, 0.2) is 30.3 Å². The topological polar surface area (TPSA) is 59.2 Å². The number of benzene rings is 1. The largest absolute Gasteiger partial charge is 0.383 e. The quantitative estimate of drug-likeness (QED) is 0.929. The molecule has 0 saturated carbocycles. The lowest BCUT2D eigenvalue weighted by Gasteiger charge is -2.27. The molecule has 1 atom stereocenters. The fraction of sp³-hybridized carbons (Fsp3) is 0.375. The van der Waals surface area contributed by atoms with Crippen LogP contribution in [0.5, 0.6) is 0 Å². The van der Waals surface area contributed by atoms with Crippen molar-refractivity contribution in [3.63, 3.8) is 0 Å². The number of hydrogen-bond acceptors (Lipinski definition) is 3. The molecule has 4 heteroatoms. The SMILES string of the molecule is CCC(C)N(CC)C(=O)c1cc2ccccc2c(N)n1. The van der Waals surface area contributed by atoms with Crippen LogP contribution in [0.25, 0.3) is 10.8 Å². The van der Waals surface area contributed by atoms with Crippen LogP contribution in [-0.4, -0.2) is 28.4 Å². The summed E-state index contributed by atoms with van der Waals surface area (Å²) in [6.07, 6.45) is 0.919. The summed E-state index contributed by atoms with van der Waals surface area (Å²) in [6.45, 7) is 6.77. The van der Waals surface area contributed by atoms with Gasteiger partial charge in [0.15, 0.2) is 0 Å². The van der Waals surface area contributed by atoms with Gasteiger partial charge in [0.2, 0.25) is 0 Å². The van der Waals surface area contributed by atoms with Gasteiger partial charge < -0.3 is 10.6 Å². The van der Waals surface area contributed by atoms with Crippen molar-refractivity contribution in [2.24, 2.45) is 0 Å². The van der Waals surface area contributed by atoms with Crippen LogP contribution in [0.3, 0.4) is 0 Å². The molecule has 20 heavy (non-hydrogen) atoms. The molecule has 0 fully saturated rings. The van der Waals surface area contributed by atoms with Crippen molar-refractivity contribution in [3.05, 3.63) is 36.0 Å². The van der Waals surface area contributed by atoms with E-state index in [1.54, 1.807) is 0 Å². The Morgan fingerprint density at radius 1 is 1.35 bits per heavy atom. The number of fused-ring (bicyclic) bond motifs is 1. The van der Waals surface area contributed by atoms with Gasteiger partial charge in [-0.1, -0.05) is 31.2 Å². The van der Waals surface area contributed by atoms with E-state index in [1.807, 2.05) is 49.1 Å². The summed E-state index contributed by atoms with van der Waals surface area (Å²) >= 11 is 0. The molecule has 1 unspecified atom stereocenters. The molecule has 0 aliphatic rings. The number of nitrogens with zero attached hydrogens (tertiary/aromatic N) is 2. The maximum atomic E-state index is 12.6. The summed E-state index contributed by atoms with van der Waals surface area (Å²) < 4.78 is 0. The third-order valence-electron chi connectivity index (χ3n) is 3.71. The number of carbonyl (C=O) groups is 1. The molecule has 106 valence electrons. The molecular weight excluding hydrogens is 250 g/mol. The Hall–Kier alpha value is -2.10. The Labute approximate surface area is 119 Å². The van der Waals surface area contributed by atoms with Crippen molar-refractivity contribution in [1.29, 1.82) is 0 Å². The van der Waals surface area contributed by atoms with Crippen LogP contribution in [0.2, 0.25) is 0 Å². The Balaban J connectivity index is 2.44. The second-order valence-electron chi connectivity index (χ2n) is 4.96. The number of carbonyl (C=O) groups excluding carboxylic acids is 1. The van der Waals surface area contributed by atoms with Gasteiger partial charge in [-0.05, 0) is 31.7 Å². The van der Waals surface area contributed by atoms with Gasteiger partial charge in [0, 0.05) is 18.0 Å². The summed E-state index contributed by atoms with van der Waals surface area (Å²) in [6, 6.07) is 9.73. The van der Waals surface area contributed by atoms with Crippen LogP contribution >= 0.6 is 0 Å². The molecule has 1 heterocycles. The highest BCUT2D eigenvalue weighted by atomic mass is 16.2. The number of anilines is 1. The number of amides is 1. The number of rotatable bonds is 4. The van der Waals surface area contributed by atoms with Crippen LogP contribution in [0, 0.1) is 0 Å². The van der Waals surface area contributed by atoms with E-state index in [0.29, 0.717) is 18.1 Å². The molecule has 2 N–H and O–H groups in total. The molecule has 2 aromatic rings. The third-order valence-corrected chi connectivity index (χ3v) is 3.71. The third kappa shape index (κ3) is 2.59. The lowest BCUT2D eigenvalue weighted by Crippen LogP contribution is -2.38. The Kier molecular flexibility index (Phi) is 4.23. The van der Waals surface area contributed by atoms with Gasteiger partial charge in [0.25, 0.3) is 5.91 Å². The molecule has 0 radical (unpaired) electrons. The van der Waals surface area contributed by atoms with Crippen LogP contribution < -0.4 is 5.73 Å². The molecule has 0 spiro atoms. The van der Waals surface area contributed by atoms with Gasteiger partial charge in [-0.3, -0.25) is 4.79 Å². The summed E-state index contributed by atoms with van der Waals surface area (Å²) in [5.74, 6) is 0.353.